The summed E-state index contributed by atoms with van der Waals surface area (Å²) in [4.78, 5) is 23.8. The third kappa shape index (κ3) is 6.66. The van der Waals surface area contributed by atoms with Crippen molar-refractivity contribution in [3.8, 4) is 0 Å². The number of hydrogen-bond acceptors (Lipinski definition) is 4. The van der Waals surface area contributed by atoms with E-state index in [0.29, 0.717) is 6.54 Å². The summed E-state index contributed by atoms with van der Waals surface area (Å²) in [5, 5.41) is 6.07. The van der Waals surface area contributed by atoms with Crippen LogP contribution in [0.25, 0.3) is 0 Å². The lowest BCUT2D eigenvalue weighted by Gasteiger charge is -2.14. The number of benzene rings is 1. The number of para-hydroxylation sites is 1. The Morgan fingerprint density at radius 3 is 2.79 bits per heavy atom. The first-order valence-electron chi connectivity index (χ1n) is 8.34. The Kier molecular flexibility index (Phi) is 7.68. The second-order valence-electron chi connectivity index (χ2n) is 5.81. The molecule has 0 bridgehead atoms. The quantitative estimate of drug-likeness (QED) is 0.474. The number of carbonyl (C=O) groups excluding carboxylic acids is 2. The van der Waals surface area contributed by atoms with Gasteiger partial charge in [0.1, 0.15) is 0 Å². The molecule has 130 valence electrons. The van der Waals surface area contributed by atoms with E-state index < -0.39 is 0 Å². The lowest BCUT2D eigenvalue weighted by atomic mass is 9.97. The van der Waals surface area contributed by atoms with Gasteiger partial charge < -0.3 is 16.4 Å². The maximum Gasteiger partial charge on any atom is 0.239 e. The Bertz CT molecular complexity index is 602. The molecule has 24 heavy (non-hydrogen) atoms. The van der Waals surface area contributed by atoms with Gasteiger partial charge in [0.05, 0.1) is 12.3 Å². The summed E-state index contributed by atoms with van der Waals surface area (Å²) in [5.41, 5.74) is 7.48. The molecule has 0 heterocycles. The SMILES string of the molecule is NC(=O)CSc1ccccc1NCC(=O)NCCC1=CCCCC1. The van der Waals surface area contributed by atoms with E-state index in [9.17, 15) is 9.59 Å². The molecular formula is C18H25N3O2S. The number of thioether (sulfide) groups is 1. The summed E-state index contributed by atoms with van der Waals surface area (Å²) < 4.78 is 0. The van der Waals surface area contributed by atoms with Crippen LogP contribution in [0, 0.1) is 0 Å². The largest absolute Gasteiger partial charge is 0.375 e. The minimum atomic E-state index is -0.357. The van der Waals surface area contributed by atoms with E-state index in [-0.39, 0.29) is 24.1 Å². The van der Waals surface area contributed by atoms with Crippen LogP contribution in [-0.4, -0.2) is 30.7 Å². The standard InChI is InChI=1S/C18H25N3O2S/c19-17(22)13-24-16-9-5-4-8-15(16)21-12-18(23)20-11-10-14-6-2-1-3-7-14/h4-6,8-9,21H,1-3,7,10-13H2,(H2,19,22)(H,20,23). The van der Waals surface area contributed by atoms with Crippen molar-refractivity contribution in [3.05, 3.63) is 35.9 Å². The number of nitrogens with one attached hydrogen (secondary N) is 2. The molecule has 6 heteroatoms. The molecule has 1 aromatic rings. The van der Waals surface area contributed by atoms with E-state index in [1.807, 2.05) is 24.3 Å². The minimum absolute atomic E-state index is 0.0267. The van der Waals surface area contributed by atoms with Crippen LogP contribution < -0.4 is 16.4 Å². The first-order chi connectivity index (χ1) is 11.6. The van der Waals surface area contributed by atoms with Crippen molar-refractivity contribution < 1.29 is 9.59 Å². The maximum atomic E-state index is 12.0. The first-order valence-corrected chi connectivity index (χ1v) is 9.32. The van der Waals surface area contributed by atoms with Gasteiger partial charge in [0.15, 0.2) is 0 Å². The van der Waals surface area contributed by atoms with Crippen LogP contribution >= 0.6 is 11.8 Å². The minimum Gasteiger partial charge on any atom is -0.375 e. The molecule has 0 atom stereocenters. The topological polar surface area (TPSA) is 84.2 Å². The lowest BCUT2D eigenvalue weighted by Crippen LogP contribution is -2.31. The summed E-state index contributed by atoms with van der Waals surface area (Å²) in [7, 11) is 0. The van der Waals surface area contributed by atoms with Crippen molar-refractivity contribution in [2.45, 2.75) is 37.0 Å². The van der Waals surface area contributed by atoms with Gasteiger partial charge >= 0.3 is 0 Å². The molecule has 0 spiro atoms. The van der Waals surface area contributed by atoms with Crippen LogP contribution in [0.3, 0.4) is 0 Å². The fourth-order valence-electron chi connectivity index (χ4n) is 2.62. The van der Waals surface area contributed by atoms with E-state index in [0.717, 1.165) is 17.0 Å². The molecule has 0 saturated heterocycles. The molecule has 1 aliphatic carbocycles. The highest BCUT2D eigenvalue weighted by Crippen LogP contribution is 2.26. The fraction of sp³-hybridized carbons (Fsp3) is 0.444. The fourth-order valence-corrected chi connectivity index (χ4v) is 3.39. The zero-order valence-corrected chi connectivity index (χ0v) is 14.7. The van der Waals surface area contributed by atoms with Gasteiger partial charge in [-0.05, 0) is 44.2 Å². The van der Waals surface area contributed by atoms with Gasteiger partial charge in [-0.25, -0.2) is 0 Å². The van der Waals surface area contributed by atoms with Crippen LogP contribution in [0.4, 0.5) is 5.69 Å². The van der Waals surface area contributed by atoms with Crippen molar-refractivity contribution >= 4 is 29.3 Å². The highest BCUT2D eigenvalue weighted by atomic mass is 32.2. The molecule has 5 nitrogen and oxygen atoms in total. The van der Waals surface area contributed by atoms with E-state index in [1.165, 1.54) is 43.0 Å². The number of amides is 2. The Labute approximate surface area is 147 Å². The average Bonchev–Trinajstić information content (AvgIpc) is 2.59. The van der Waals surface area contributed by atoms with Gasteiger partial charge in [0, 0.05) is 17.1 Å². The van der Waals surface area contributed by atoms with Crippen molar-refractivity contribution in [2.24, 2.45) is 5.73 Å². The first kappa shape index (κ1) is 18.4. The monoisotopic (exact) mass is 347 g/mol. The summed E-state index contributed by atoms with van der Waals surface area (Å²) in [5.74, 6) is -0.161. The molecule has 1 aromatic carbocycles. The number of anilines is 1. The Balaban J connectivity index is 1.73. The highest BCUT2D eigenvalue weighted by molar-refractivity contribution is 8.00. The van der Waals surface area contributed by atoms with E-state index >= 15 is 0 Å². The summed E-state index contributed by atoms with van der Waals surface area (Å²) in [6, 6.07) is 7.59. The molecule has 0 aliphatic heterocycles. The molecule has 4 N–H and O–H groups in total. The molecular weight excluding hydrogens is 322 g/mol. The maximum absolute atomic E-state index is 12.0. The average molecular weight is 347 g/mol. The Morgan fingerprint density at radius 1 is 1.21 bits per heavy atom. The summed E-state index contributed by atoms with van der Waals surface area (Å²) in [6.45, 7) is 0.900. The number of rotatable bonds is 9. The second kappa shape index (κ2) is 10.0. The van der Waals surface area contributed by atoms with Gasteiger partial charge in [-0.2, -0.15) is 0 Å². The molecule has 2 rings (SSSR count). The number of primary amides is 1. The molecule has 2 amide bonds. The molecule has 0 fully saturated rings. The molecule has 1 aliphatic rings. The van der Waals surface area contributed by atoms with Crippen molar-refractivity contribution in [2.75, 3.05) is 24.2 Å². The number of carbonyl (C=O) groups is 2. The molecule has 0 unspecified atom stereocenters. The van der Waals surface area contributed by atoms with Crippen LogP contribution in [0.2, 0.25) is 0 Å². The number of nitrogens with two attached hydrogens (primary N) is 1. The Hall–Kier alpha value is -1.95. The van der Waals surface area contributed by atoms with Crippen LogP contribution in [0.5, 0.6) is 0 Å². The normalized spacial score (nSPS) is 13.9. The smallest absolute Gasteiger partial charge is 0.239 e. The van der Waals surface area contributed by atoms with Gasteiger partial charge in [0.2, 0.25) is 11.8 Å². The highest BCUT2D eigenvalue weighted by Gasteiger charge is 2.07. The number of allylic oxidation sites excluding steroid dienone is 1. The third-order valence-electron chi connectivity index (χ3n) is 3.85. The third-order valence-corrected chi connectivity index (χ3v) is 4.95. The number of hydrogen-bond donors (Lipinski definition) is 3. The van der Waals surface area contributed by atoms with Crippen molar-refractivity contribution in [1.82, 2.24) is 5.32 Å². The lowest BCUT2D eigenvalue weighted by molar-refractivity contribution is -0.119. The van der Waals surface area contributed by atoms with E-state index in [4.69, 9.17) is 5.73 Å². The Morgan fingerprint density at radius 2 is 2.04 bits per heavy atom. The molecule has 0 saturated carbocycles. The van der Waals surface area contributed by atoms with Gasteiger partial charge in [0.25, 0.3) is 0 Å². The predicted octanol–water partition coefficient (Wildman–Crippen LogP) is 2.68. The second-order valence-corrected chi connectivity index (χ2v) is 6.83. The van der Waals surface area contributed by atoms with Crippen LogP contribution in [-0.2, 0) is 9.59 Å². The van der Waals surface area contributed by atoms with Gasteiger partial charge in [-0.15, -0.1) is 11.8 Å². The van der Waals surface area contributed by atoms with Gasteiger partial charge in [-0.1, -0.05) is 23.8 Å². The van der Waals surface area contributed by atoms with E-state index in [1.54, 1.807) is 0 Å². The van der Waals surface area contributed by atoms with Crippen LogP contribution in [0.15, 0.2) is 40.8 Å². The van der Waals surface area contributed by atoms with Gasteiger partial charge in [-0.3, -0.25) is 9.59 Å². The summed E-state index contributed by atoms with van der Waals surface area (Å²) in [6.07, 6.45) is 8.13. The summed E-state index contributed by atoms with van der Waals surface area (Å²) >= 11 is 1.37. The van der Waals surface area contributed by atoms with Crippen molar-refractivity contribution in [1.29, 1.82) is 0 Å². The molecule has 0 radical (unpaired) electrons. The molecule has 0 aromatic heterocycles. The van der Waals surface area contributed by atoms with Crippen LogP contribution in [0.1, 0.15) is 32.1 Å². The zero-order valence-electron chi connectivity index (χ0n) is 13.8. The predicted molar refractivity (Wildman–Crippen MR) is 99.0 cm³/mol. The zero-order chi connectivity index (χ0) is 17.2. The van der Waals surface area contributed by atoms with Crippen molar-refractivity contribution in [3.63, 3.8) is 0 Å². The van der Waals surface area contributed by atoms with E-state index in [2.05, 4.69) is 16.7 Å².